The lowest BCUT2D eigenvalue weighted by Crippen LogP contribution is -2.50. The molecule has 0 N–H and O–H groups in total. The molecule has 1 rings (SSSR count). The van der Waals surface area contributed by atoms with E-state index in [9.17, 15) is 4.79 Å². The summed E-state index contributed by atoms with van der Waals surface area (Å²) in [4.78, 5) is 15.8. The van der Waals surface area contributed by atoms with E-state index in [1.807, 2.05) is 13.0 Å². The summed E-state index contributed by atoms with van der Waals surface area (Å²) in [7, 11) is 2.14. The van der Waals surface area contributed by atoms with E-state index < -0.39 is 0 Å². The second-order valence-corrected chi connectivity index (χ2v) is 4.26. The molecular formula is C12H22N2O2. The highest BCUT2D eigenvalue weighted by Gasteiger charge is 2.19. The maximum atomic E-state index is 11.1. The predicted octanol–water partition coefficient (Wildman–Crippen LogP) is 0.742. The predicted molar refractivity (Wildman–Crippen MR) is 64.3 cm³/mol. The number of piperazine rings is 1. The molecule has 0 aromatic heterocycles. The third-order valence-corrected chi connectivity index (χ3v) is 2.85. The lowest BCUT2D eigenvalue weighted by atomic mass is 10.2. The fourth-order valence-electron chi connectivity index (χ4n) is 1.92. The Labute approximate surface area is 97.9 Å². The molecule has 4 nitrogen and oxygen atoms in total. The van der Waals surface area contributed by atoms with E-state index >= 15 is 0 Å². The summed E-state index contributed by atoms with van der Waals surface area (Å²) >= 11 is 0. The molecule has 0 aliphatic carbocycles. The molecule has 4 heteroatoms. The van der Waals surface area contributed by atoms with Gasteiger partial charge in [0, 0.05) is 38.3 Å². The highest BCUT2D eigenvalue weighted by Crippen LogP contribution is 2.07. The monoisotopic (exact) mass is 226 g/mol. The lowest BCUT2D eigenvalue weighted by molar-refractivity contribution is -0.137. The Morgan fingerprint density at radius 1 is 1.50 bits per heavy atom. The Bertz CT molecular complexity index is 253. The smallest absolute Gasteiger partial charge is 0.330 e. The topological polar surface area (TPSA) is 32.8 Å². The molecular weight excluding hydrogens is 204 g/mol. The van der Waals surface area contributed by atoms with Gasteiger partial charge in [-0.15, -0.1) is 0 Å². The number of likely N-dealkylation sites (N-methyl/N-ethyl adjacent to an activating group) is 1. The van der Waals surface area contributed by atoms with Crippen LogP contribution in [0.3, 0.4) is 0 Å². The van der Waals surface area contributed by atoms with Crippen molar-refractivity contribution in [3.05, 3.63) is 12.2 Å². The molecule has 1 atom stereocenters. The molecule has 0 saturated carbocycles. The minimum Gasteiger partial charge on any atom is -0.463 e. The third kappa shape index (κ3) is 4.33. The normalized spacial score (nSPS) is 23.8. The van der Waals surface area contributed by atoms with Gasteiger partial charge in [-0.1, -0.05) is 6.08 Å². The van der Waals surface area contributed by atoms with Crippen LogP contribution in [0, 0.1) is 0 Å². The molecule has 0 aromatic rings. The van der Waals surface area contributed by atoms with Gasteiger partial charge in [0.1, 0.15) is 0 Å². The molecule has 1 aliphatic rings. The van der Waals surface area contributed by atoms with Gasteiger partial charge >= 0.3 is 5.97 Å². The largest absolute Gasteiger partial charge is 0.463 e. The number of hydrogen-bond donors (Lipinski definition) is 0. The molecule has 1 fully saturated rings. The number of carbonyl (C=O) groups is 1. The minimum absolute atomic E-state index is 0.246. The summed E-state index contributed by atoms with van der Waals surface area (Å²) in [6.45, 7) is 8.54. The van der Waals surface area contributed by atoms with Gasteiger partial charge in [0.25, 0.3) is 0 Å². The first-order valence-corrected chi connectivity index (χ1v) is 5.89. The molecule has 92 valence electrons. The van der Waals surface area contributed by atoms with Crippen molar-refractivity contribution >= 4 is 5.97 Å². The van der Waals surface area contributed by atoms with Crippen LogP contribution in [-0.4, -0.2) is 61.6 Å². The summed E-state index contributed by atoms with van der Waals surface area (Å²) in [5.41, 5.74) is 0. The van der Waals surface area contributed by atoms with E-state index in [0.29, 0.717) is 12.6 Å². The van der Waals surface area contributed by atoms with E-state index in [4.69, 9.17) is 4.74 Å². The first kappa shape index (κ1) is 13.2. The average Bonchev–Trinajstić information content (AvgIpc) is 2.22. The first-order valence-electron chi connectivity index (χ1n) is 5.89. The summed E-state index contributed by atoms with van der Waals surface area (Å²) in [5, 5.41) is 0. The van der Waals surface area contributed by atoms with Gasteiger partial charge in [0.2, 0.25) is 0 Å². The molecule has 1 heterocycles. The van der Waals surface area contributed by atoms with Crippen molar-refractivity contribution in [2.75, 3.05) is 39.8 Å². The Kier molecular flexibility index (Phi) is 5.49. The highest BCUT2D eigenvalue weighted by molar-refractivity contribution is 5.81. The SMILES string of the molecule is CCOC(=O)/C=C/CN1CCN(C)CC1C. The molecule has 0 aromatic carbocycles. The van der Waals surface area contributed by atoms with Crippen LogP contribution >= 0.6 is 0 Å². The Morgan fingerprint density at radius 3 is 2.88 bits per heavy atom. The summed E-state index contributed by atoms with van der Waals surface area (Å²) in [6.07, 6.45) is 3.41. The molecule has 0 amide bonds. The fraction of sp³-hybridized carbons (Fsp3) is 0.750. The number of nitrogens with zero attached hydrogens (tertiary/aromatic N) is 2. The van der Waals surface area contributed by atoms with E-state index in [2.05, 4.69) is 23.8 Å². The summed E-state index contributed by atoms with van der Waals surface area (Å²) in [6, 6.07) is 0.547. The van der Waals surface area contributed by atoms with Crippen LogP contribution in [0.5, 0.6) is 0 Å². The van der Waals surface area contributed by atoms with Gasteiger partial charge in [0.05, 0.1) is 6.61 Å². The molecule has 1 aliphatic heterocycles. The molecule has 0 bridgehead atoms. The van der Waals surface area contributed by atoms with E-state index in [1.165, 1.54) is 6.08 Å². The van der Waals surface area contributed by atoms with Gasteiger partial charge in [0.15, 0.2) is 0 Å². The zero-order chi connectivity index (χ0) is 12.0. The molecule has 1 unspecified atom stereocenters. The van der Waals surface area contributed by atoms with Crippen LogP contribution in [0.25, 0.3) is 0 Å². The Hall–Kier alpha value is -0.870. The third-order valence-electron chi connectivity index (χ3n) is 2.85. The molecule has 1 saturated heterocycles. The number of carbonyl (C=O) groups excluding carboxylic acids is 1. The van der Waals surface area contributed by atoms with Gasteiger partial charge in [-0.2, -0.15) is 0 Å². The quantitative estimate of drug-likeness (QED) is 0.523. The van der Waals surface area contributed by atoms with Crippen LogP contribution in [-0.2, 0) is 9.53 Å². The number of ether oxygens (including phenoxy) is 1. The van der Waals surface area contributed by atoms with E-state index in [0.717, 1.165) is 26.2 Å². The van der Waals surface area contributed by atoms with Crippen LogP contribution < -0.4 is 0 Å². The van der Waals surface area contributed by atoms with Crippen LogP contribution in [0.1, 0.15) is 13.8 Å². The zero-order valence-corrected chi connectivity index (χ0v) is 10.5. The number of rotatable bonds is 4. The van der Waals surface area contributed by atoms with Crippen molar-refractivity contribution in [2.24, 2.45) is 0 Å². The fourth-order valence-corrected chi connectivity index (χ4v) is 1.92. The lowest BCUT2D eigenvalue weighted by Gasteiger charge is -2.37. The van der Waals surface area contributed by atoms with Gasteiger partial charge in [-0.25, -0.2) is 4.79 Å². The van der Waals surface area contributed by atoms with Crippen molar-refractivity contribution in [2.45, 2.75) is 19.9 Å². The second kappa shape index (κ2) is 6.66. The standard InChI is InChI=1S/C12H22N2O2/c1-4-16-12(15)6-5-7-14-9-8-13(3)10-11(14)2/h5-6,11H,4,7-10H2,1-3H3/b6-5+. The van der Waals surface area contributed by atoms with Gasteiger partial charge in [-0.3, -0.25) is 4.90 Å². The second-order valence-electron chi connectivity index (χ2n) is 4.26. The number of esters is 1. The van der Waals surface area contributed by atoms with Crippen molar-refractivity contribution in [1.29, 1.82) is 0 Å². The van der Waals surface area contributed by atoms with Gasteiger partial charge in [-0.05, 0) is 20.9 Å². The van der Waals surface area contributed by atoms with Crippen LogP contribution in [0.2, 0.25) is 0 Å². The van der Waals surface area contributed by atoms with E-state index in [1.54, 1.807) is 0 Å². The van der Waals surface area contributed by atoms with Crippen LogP contribution in [0.15, 0.2) is 12.2 Å². The summed E-state index contributed by atoms with van der Waals surface area (Å²) in [5.74, 6) is -0.246. The minimum atomic E-state index is -0.246. The molecule has 0 spiro atoms. The van der Waals surface area contributed by atoms with Crippen molar-refractivity contribution in [3.63, 3.8) is 0 Å². The molecule has 0 radical (unpaired) electrons. The van der Waals surface area contributed by atoms with E-state index in [-0.39, 0.29) is 5.97 Å². The maximum Gasteiger partial charge on any atom is 0.330 e. The van der Waals surface area contributed by atoms with Gasteiger partial charge < -0.3 is 9.64 Å². The number of hydrogen-bond acceptors (Lipinski definition) is 4. The molecule has 16 heavy (non-hydrogen) atoms. The zero-order valence-electron chi connectivity index (χ0n) is 10.5. The average molecular weight is 226 g/mol. The summed E-state index contributed by atoms with van der Waals surface area (Å²) < 4.78 is 4.82. The maximum absolute atomic E-state index is 11.1. The Morgan fingerprint density at radius 2 is 2.25 bits per heavy atom. The van der Waals surface area contributed by atoms with Crippen molar-refractivity contribution < 1.29 is 9.53 Å². The van der Waals surface area contributed by atoms with Crippen molar-refractivity contribution in [3.8, 4) is 0 Å². The van der Waals surface area contributed by atoms with Crippen molar-refractivity contribution in [1.82, 2.24) is 9.80 Å². The van der Waals surface area contributed by atoms with Crippen LogP contribution in [0.4, 0.5) is 0 Å². The highest BCUT2D eigenvalue weighted by atomic mass is 16.5. The Balaban J connectivity index is 2.29. The first-order chi connectivity index (χ1) is 7.63.